The normalized spacial score (nSPS) is 15.3. The van der Waals surface area contributed by atoms with Crippen LogP contribution in [0.2, 0.25) is 0 Å². The van der Waals surface area contributed by atoms with Crippen LogP contribution in [0.5, 0.6) is 0 Å². The standard InChI is InChI=1S/C19H12FN7O2/c20-13-6-2-1-4-10(13)9-27-18-11(5-3-7-21-18)14(25-27)17-22-8-12-15(26-29)19(28)24-16(12)23-17/h1-8,15H,9H2,(H,22,23,24,28). The van der Waals surface area contributed by atoms with Crippen LogP contribution in [0.15, 0.2) is 54.0 Å². The van der Waals surface area contributed by atoms with Crippen molar-refractivity contribution in [2.24, 2.45) is 5.18 Å². The van der Waals surface area contributed by atoms with Gasteiger partial charge in [-0.2, -0.15) is 5.10 Å². The van der Waals surface area contributed by atoms with Crippen LogP contribution in [0.25, 0.3) is 22.6 Å². The van der Waals surface area contributed by atoms with Gasteiger partial charge in [0.1, 0.15) is 17.3 Å². The largest absolute Gasteiger partial charge is 0.308 e. The summed E-state index contributed by atoms with van der Waals surface area (Å²) in [6, 6.07) is 8.85. The van der Waals surface area contributed by atoms with Gasteiger partial charge in [0.15, 0.2) is 11.5 Å². The highest BCUT2D eigenvalue weighted by Crippen LogP contribution is 2.33. The fraction of sp³-hybridized carbons (Fsp3) is 0.105. The fourth-order valence-corrected chi connectivity index (χ4v) is 3.31. The van der Waals surface area contributed by atoms with Crippen molar-refractivity contribution in [1.29, 1.82) is 0 Å². The van der Waals surface area contributed by atoms with Crippen LogP contribution in [-0.4, -0.2) is 30.6 Å². The van der Waals surface area contributed by atoms with E-state index in [1.54, 1.807) is 35.1 Å². The number of carbonyl (C=O) groups excluding carboxylic acids is 1. The van der Waals surface area contributed by atoms with E-state index in [1.807, 2.05) is 6.07 Å². The Balaban J connectivity index is 1.62. The van der Waals surface area contributed by atoms with E-state index in [0.29, 0.717) is 27.9 Å². The molecule has 9 nitrogen and oxygen atoms in total. The number of hydrogen-bond donors (Lipinski definition) is 1. The Hall–Kier alpha value is -4.08. The minimum absolute atomic E-state index is 0.180. The van der Waals surface area contributed by atoms with Crippen LogP contribution < -0.4 is 5.32 Å². The van der Waals surface area contributed by atoms with Gasteiger partial charge in [-0.05, 0) is 18.2 Å². The van der Waals surface area contributed by atoms with Gasteiger partial charge in [0.2, 0.25) is 6.04 Å². The number of nitroso groups, excluding NO2 is 1. The Morgan fingerprint density at radius 2 is 2.03 bits per heavy atom. The zero-order valence-electron chi connectivity index (χ0n) is 14.8. The Bertz CT molecular complexity index is 1290. The third kappa shape index (κ3) is 2.73. The minimum Gasteiger partial charge on any atom is -0.308 e. The molecule has 1 aliphatic rings. The lowest BCUT2D eigenvalue weighted by molar-refractivity contribution is -0.116. The quantitative estimate of drug-likeness (QED) is 0.537. The average molecular weight is 389 g/mol. The molecule has 1 atom stereocenters. The van der Waals surface area contributed by atoms with E-state index in [0.717, 1.165) is 0 Å². The van der Waals surface area contributed by atoms with Crippen LogP contribution in [0, 0.1) is 10.7 Å². The number of aromatic nitrogens is 5. The SMILES string of the molecule is O=NC1C(=O)Nc2nc(-c3nn(Cc4ccccc4F)c4ncccc34)ncc21. The number of amides is 1. The summed E-state index contributed by atoms with van der Waals surface area (Å²) in [5.74, 6) is -0.401. The van der Waals surface area contributed by atoms with Gasteiger partial charge >= 0.3 is 0 Å². The molecule has 10 heteroatoms. The summed E-state index contributed by atoms with van der Waals surface area (Å²) >= 11 is 0. The summed E-state index contributed by atoms with van der Waals surface area (Å²) in [7, 11) is 0. The Kier molecular flexibility index (Phi) is 3.83. The second-order valence-corrected chi connectivity index (χ2v) is 6.47. The molecule has 0 saturated heterocycles. The molecule has 0 radical (unpaired) electrons. The van der Waals surface area contributed by atoms with Crippen LogP contribution in [0.1, 0.15) is 17.2 Å². The van der Waals surface area contributed by atoms with Crippen molar-refractivity contribution in [3.63, 3.8) is 0 Å². The van der Waals surface area contributed by atoms with Gasteiger partial charge in [-0.25, -0.2) is 24.0 Å². The maximum absolute atomic E-state index is 14.1. The summed E-state index contributed by atoms with van der Waals surface area (Å²) < 4.78 is 15.7. The van der Waals surface area contributed by atoms with E-state index in [-0.39, 0.29) is 24.0 Å². The lowest BCUT2D eigenvalue weighted by Crippen LogP contribution is -2.09. The number of carbonyl (C=O) groups is 1. The lowest BCUT2D eigenvalue weighted by Gasteiger charge is -2.04. The Labute approximate surface area is 162 Å². The van der Waals surface area contributed by atoms with Crippen LogP contribution in [0.3, 0.4) is 0 Å². The maximum Gasteiger partial charge on any atom is 0.258 e. The van der Waals surface area contributed by atoms with Gasteiger partial charge in [-0.3, -0.25) is 4.79 Å². The van der Waals surface area contributed by atoms with Crippen molar-refractivity contribution in [1.82, 2.24) is 24.7 Å². The predicted octanol–water partition coefficient (Wildman–Crippen LogP) is 2.84. The minimum atomic E-state index is -1.16. The second-order valence-electron chi connectivity index (χ2n) is 6.47. The highest BCUT2D eigenvalue weighted by molar-refractivity contribution is 6.01. The summed E-state index contributed by atoms with van der Waals surface area (Å²) in [5.41, 5.74) is 1.77. The van der Waals surface area contributed by atoms with Crippen LogP contribution in [-0.2, 0) is 11.3 Å². The van der Waals surface area contributed by atoms with Gasteiger partial charge in [-0.15, -0.1) is 4.91 Å². The van der Waals surface area contributed by atoms with E-state index < -0.39 is 11.9 Å². The molecule has 0 bridgehead atoms. The van der Waals surface area contributed by atoms with E-state index in [2.05, 4.69) is 30.5 Å². The molecule has 4 aromatic rings. The maximum atomic E-state index is 14.1. The number of anilines is 1. The summed E-state index contributed by atoms with van der Waals surface area (Å²) in [6.45, 7) is 0.180. The summed E-state index contributed by atoms with van der Waals surface area (Å²) in [5, 5.41) is 10.6. The highest BCUT2D eigenvalue weighted by atomic mass is 19.1. The summed E-state index contributed by atoms with van der Waals surface area (Å²) in [6.07, 6.45) is 3.01. The molecule has 142 valence electrons. The number of rotatable bonds is 4. The number of nitrogens with zero attached hydrogens (tertiary/aromatic N) is 6. The van der Waals surface area contributed by atoms with Gasteiger partial charge < -0.3 is 5.32 Å². The predicted molar refractivity (Wildman–Crippen MR) is 101 cm³/mol. The van der Waals surface area contributed by atoms with Crippen molar-refractivity contribution in [2.45, 2.75) is 12.6 Å². The average Bonchev–Trinajstić information content (AvgIpc) is 3.26. The van der Waals surface area contributed by atoms with Gasteiger partial charge in [-0.1, -0.05) is 23.4 Å². The monoisotopic (exact) mass is 389 g/mol. The number of benzene rings is 1. The van der Waals surface area contributed by atoms with E-state index in [1.165, 1.54) is 12.3 Å². The van der Waals surface area contributed by atoms with E-state index in [9.17, 15) is 14.1 Å². The third-order valence-electron chi connectivity index (χ3n) is 4.70. The molecule has 29 heavy (non-hydrogen) atoms. The highest BCUT2D eigenvalue weighted by Gasteiger charge is 2.34. The van der Waals surface area contributed by atoms with Crippen LogP contribution in [0.4, 0.5) is 10.2 Å². The fourth-order valence-electron chi connectivity index (χ4n) is 3.31. The first kappa shape index (κ1) is 17.0. The first-order chi connectivity index (χ1) is 14.2. The number of fused-ring (bicyclic) bond motifs is 2. The lowest BCUT2D eigenvalue weighted by atomic mass is 10.2. The zero-order valence-corrected chi connectivity index (χ0v) is 14.8. The molecule has 4 heterocycles. The second kappa shape index (κ2) is 6.51. The van der Waals surface area contributed by atoms with Crippen molar-refractivity contribution in [3.8, 4) is 11.5 Å². The van der Waals surface area contributed by atoms with E-state index >= 15 is 0 Å². The molecule has 5 rings (SSSR count). The molecule has 3 aromatic heterocycles. The molecule has 1 aliphatic heterocycles. The third-order valence-corrected chi connectivity index (χ3v) is 4.70. The molecule has 1 amide bonds. The zero-order chi connectivity index (χ0) is 20.0. The van der Waals surface area contributed by atoms with Gasteiger partial charge in [0.05, 0.1) is 17.5 Å². The van der Waals surface area contributed by atoms with Crippen molar-refractivity contribution in [2.75, 3.05) is 5.32 Å². The first-order valence-corrected chi connectivity index (χ1v) is 8.71. The summed E-state index contributed by atoms with van der Waals surface area (Å²) in [4.78, 5) is 35.7. The smallest absolute Gasteiger partial charge is 0.258 e. The van der Waals surface area contributed by atoms with Crippen molar-refractivity contribution < 1.29 is 9.18 Å². The topological polar surface area (TPSA) is 115 Å². The Morgan fingerprint density at radius 1 is 1.17 bits per heavy atom. The number of nitrogens with one attached hydrogen (secondary N) is 1. The molecular formula is C19H12FN7O2. The molecule has 1 N–H and O–H groups in total. The van der Waals surface area contributed by atoms with Gasteiger partial charge in [0, 0.05) is 18.0 Å². The van der Waals surface area contributed by atoms with Crippen molar-refractivity contribution >= 4 is 22.8 Å². The van der Waals surface area contributed by atoms with Crippen molar-refractivity contribution in [3.05, 3.63) is 70.6 Å². The first-order valence-electron chi connectivity index (χ1n) is 8.71. The molecule has 1 unspecified atom stereocenters. The Morgan fingerprint density at radius 3 is 2.86 bits per heavy atom. The van der Waals surface area contributed by atoms with Gasteiger partial charge in [0.25, 0.3) is 5.91 Å². The molecule has 0 aliphatic carbocycles. The molecule has 0 fully saturated rings. The molecular weight excluding hydrogens is 377 g/mol. The van der Waals surface area contributed by atoms with Crippen LogP contribution >= 0.6 is 0 Å². The number of halogens is 1. The number of hydrogen-bond acceptors (Lipinski definition) is 7. The molecule has 0 saturated carbocycles. The molecule has 0 spiro atoms. The molecule has 1 aromatic carbocycles. The van der Waals surface area contributed by atoms with E-state index in [4.69, 9.17) is 0 Å². The number of pyridine rings is 1.